The Hall–Kier alpha value is -2.45. The summed E-state index contributed by atoms with van der Waals surface area (Å²) in [7, 11) is 0. The molecule has 0 bridgehead atoms. The first-order valence-electron chi connectivity index (χ1n) is 11.2. The van der Waals surface area contributed by atoms with E-state index in [0.29, 0.717) is 12.3 Å². The Balaban J connectivity index is 1.27. The molecule has 6 rings (SSSR count). The molecular formula is C24H25N5OS2. The Bertz CT molecular complexity index is 1360. The van der Waals surface area contributed by atoms with Crippen LogP contribution >= 0.6 is 23.1 Å². The average Bonchev–Trinajstić information content (AvgIpc) is 3.38. The number of hydrogen-bond acceptors (Lipinski definition) is 6. The number of thiophene rings is 1. The van der Waals surface area contributed by atoms with Crippen molar-refractivity contribution in [1.29, 1.82) is 0 Å². The topological polar surface area (TPSA) is 63.4 Å². The van der Waals surface area contributed by atoms with E-state index in [-0.39, 0.29) is 5.91 Å². The molecule has 6 nitrogen and oxygen atoms in total. The van der Waals surface area contributed by atoms with Gasteiger partial charge in [-0.25, -0.2) is 4.98 Å². The molecule has 3 aromatic heterocycles. The third-order valence-electron chi connectivity index (χ3n) is 6.75. The second-order valence-electron chi connectivity index (χ2n) is 8.96. The van der Waals surface area contributed by atoms with Crippen molar-refractivity contribution < 1.29 is 4.79 Å². The van der Waals surface area contributed by atoms with Gasteiger partial charge in [0.1, 0.15) is 10.7 Å². The highest BCUT2D eigenvalue weighted by Gasteiger charge is 2.26. The average molecular weight is 464 g/mol. The minimum atomic E-state index is 0.148. The molecule has 164 valence electrons. The molecule has 1 atom stereocenters. The number of amides is 1. The molecule has 4 heterocycles. The Kier molecular flexibility index (Phi) is 4.95. The Morgan fingerprint density at radius 1 is 1.22 bits per heavy atom. The Labute approximate surface area is 195 Å². The van der Waals surface area contributed by atoms with Crippen LogP contribution in [-0.4, -0.2) is 42.7 Å². The minimum Gasteiger partial charge on any atom is -0.337 e. The van der Waals surface area contributed by atoms with E-state index in [1.54, 1.807) is 0 Å². The summed E-state index contributed by atoms with van der Waals surface area (Å²) in [5, 5.41) is 11.0. The molecule has 32 heavy (non-hydrogen) atoms. The van der Waals surface area contributed by atoms with Gasteiger partial charge in [0.15, 0.2) is 10.8 Å². The molecule has 0 unspecified atom stereocenters. The largest absolute Gasteiger partial charge is 0.337 e. The van der Waals surface area contributed by atoms with Crippen molar-refractivity contribution in [3.8, 4) is 0 Å². The summed E-state index contributed by atoms with van der Waals surface area (Å²) >= 11 is 3.28. The highest BCUT2D eigenvalue weighted by Crippen LogP contribution is 2.39. The number of benzene rings is 1. The maximum atomic E-state index is 13.0. The van der Waals surface area contributed by atoms with Crippen LogP contribution < -0.4 is 0 Å². The first-order valence-corrected chi connectivity index (χ1v) is 13.0. The number of carbonyl (C=O) groups is 1. The first kappa shape index (κ1) is 20.2. The summed E-state index contributed by atoms with van der Waals surface area (Å²) in [5.41, 5.74) is 4.91. The zero-order valence-corrected chi connectivity index (χ0v) is 19.9. The third-order valence-corrected chi connectivity index (χ3v) is 8.81. The number of rotatable bonds is 3. The lowest BCUT2D eigenvalue weighted by Gasteiger charge is -2.28. The van der Waals surface area contributed by atoms with Gasteiger partial charge in [-0.05, 0) is 55.2 Å². The van der Waals surface area contributed by atoms with Gasteiger partial charge in [-0.3, -0.25) is 9.20 Å². The van der Waals surface area contributed by atoms with Crippen LogP contribution in [0.2, 0.25) is 0 Å². The van der Waals surface area contributed by atoms with Crippen LogP contribution in [-0.2, 0) is 30.6 Å². The van der Waals surface area contributed by atoms with Gasteiger partial charge in [0, 0.05) is 18.0 Å². The SMILES string of the molecule is Cc1nc2sc3c(c2c2nnc(SCC(=O)N4CCc5ccccc5C4)n12)CC[C@H](C)C3. The summed E-state index contributed by atoms with van der Waals surface area (Å²) in [6.45, 7) is 5.80. The van der Waals surface area contributed by atoms with E-state index in [1.165, 1.54) is 45.1 Å². The van der Waals surface area contributed by atoms with Gasteiger partial charge >= 0.3 is 0 Å². The van der Waals surface area contributed by atoms with Crippen molar-refractivity contribution in [3.05, 3.63) is 51.7 Å². The van der Waals surface area contributed by atoms with Gasteiger partial charge in [-0.2, -0.15) is 0 Å². The minimum absolute atomic E-state index is 0.148. The van der Waals surface area contributed by atoms with Crippen molar-refractivity contribution in [1.82, 2.24) is 24.5 Å². The third kappa shape index (κ3) is 3.31. The lowest BCUT2D eigenvalue weighted by Crippen LogP contribution is -2.37. The van der Waals surface area contributed by atoms with Crippen LogP contribution in [0, 0.1) is 12.8 Å². The van der Waals surface area contributed by atoms with E-state index in [2.05, 4.69) is 35.3 Å². The maximum Gasteiger partial charge on any atom is 0.233 e. The standard InChI is InChI=1S/C24H25N5OS2/c1-14-7-8-18-19(11-14)32-23-21(18)22-26-27-24(29(22)15(2)25-23)31-13-20(30)28-10-9-16-5-3-4-6-17(16)12-28/h3-6,14H,7-13H2,1-2H3/t14-/m0/s1. The zero-order chi connectivity index (χ0) is 21.8. The summed E-state index contributed by atoms with van der Waals surface area (Å²) in [5.74, 6) is 2.12. The van der Waals surface area contributed by atoms with E-state index in [0.717, 1.165) is 53.2 Å². The van der Waals surface area contributed by atoms with E-state index >= 15 is 0 Å². The molecule has 0 saturated heterocycles. The monoisotopic (exact) mass is 463 g/mol. The quantitative estimate of drug-likeness (QED) is 0.420. The predicted molar refractivity (Wildman–Crippen MR) is 128 cm³/mol. The molecule has 2 aliphatic rings. The molecule has 0 spiro atoms. The highest BCUT2D eigenvalue weighted by molar-refractivity contribution is 7.99. The molecule has 1 aliphatic carbocycles. The molecule has 1 aliphatic heterocycles. The van der Waals surface area contributed by atoms with Crippen LogP contribution in [0.5, 0.6) is 0 Å². The van der Waals surface area contributed by atoms with E-state index in [4.69, 9.17) is 4.98 Å². The van der Waals surface area contributed by atoms with Gasteiger partial charge < -0.3 is 4.90 Å². The van der Waals surface area contributed by atoms with Crippen LogP contribution in [0.15, 0.2) is 29.4 Å². The summed E-state index contributed by atoms with van der Waals surface area (Å²) in [4.78, 5) is 22.3. The fourth-order valence-corrected chi connectivity index (χ4v) is 7.29. The van der Waals surface area contributed by atoms with Crippen LogP contribution in [0.3, 0.4) is 0 Å². The molecule has 1 aromatic carbocycles. The lowest BCUT2D eigenvalue weighted by atomic mass is 9.89. The first-order chi connectivity index (χ1) is 15.6. The van der Waals surface area contributed by atoms with Gasteiger partial charge in [0.25, 0.3) is 0 Å². The molecule has 1 amide bonds. The molecular weight excluding hydrogens is 438 g/mol. The number of fused-ring (bicyclic) bond motifs is 6. The molecule has 4 aromatic rings. The van der Waals surface area contributed by atoms with Crippen molar-refractivity contribution in [2.45, 2.75) is 51.2 Å². The number of thioether (sulfide) groups is 1. The van der Waals surface area contributed by atoms with E-state index < -0.39 is 0 Å². The van der Waals surface area contributed by atoms with Crippen molar-refractivity contribution in [3.63, 3.8) is 0 Å². The molecule has 0 saturated carbocycles. The van der Waals surface area contributed by atoms with Crippen LogP contribution in [0.1, 0.15) is 40.7 Å². The second kappa shape index (κ2) is 7.85. The number of nitrogens with zero attached hydrogens (tertiary/aromatic N) is 5. The van der Waals surface area contributed by atoms with E-state index in [1.807, 2.05) is 33.6 Å². The molecule has 8 heteroatoms. The highest BCUT2D eigenvalue weighted by atomic mass is 32.2. The number of carbonyl (C=O) groups excluding carboxylic acids is 1. The number of aryl methyl sites for hydroxylation is 2. The Morgan fingerprint density at radius 3 is 2.94 bits per heavy atom. The second-order valence-corrected chi connectivity index (χ2v) is 11.0. The van der Waals surface area contributed by atoms with Gasteiger partial charge in [-0.1, -0.05) is 43.0 Å². The van der Waals surface area contributed by atoms with Crippen molar-refractivity contribution >= 4 is 44.9 Å². The van der Waals surface area contributed by atoms with Gasteiger partial charge in [0.2, 0.25) is 5.91 Å². The number of aromatic nitrogens is 4. The lowest BCUT2D eigenvalue weighted by molar-refractivity contribution is -0.129. The zero-order valence-electron chi connectivity index (χ0n) is 18.3. The predicted octanol–water partition coefficient (Wildman–Crippen LogP) is 4.45. The molecule has 0 radical (unpaired) electrons. The maximum absolute atomic E-state index is 13.0. The van der Waals surface area contributed by atoms with Crippen molar-refractivity contribution in [2.75, 3.05) is 12.3 Å². The Morgan fingerprint density at radius 2 is 2.06 bits per heavy atom. The smallest absolute Gasteiger partial charge is 0.233 e. The summed E-state index contributed by atoms with van der Waals surface area (Å²) in [6, 6.07) is 8.40. The van der Waals surface area contributed by atoms with E-state index in [9.17, 15) is 4.79 Å². The van der Waals surface area contributed by atoms with Crippen molar-refractivity contribution in [2.24, 2.45) is 5.92 Å². The fraction of sp³-hybridized carbons (Fsp3) is 0.417. The van der Waals surface area contributed by atoms with Gasteiger partial charge in [-0.15, -0.1) is 21.5 Å². The van der Waals surface area contributed by atoms with Crippen LogP contribution in [0.4, 0.5) is 0 Å². The normalized spacial score (nSPS) is 18.2. The van der Waals surface area contributed by atoms with Crippen LogP contribution in [0.25, 0.3) is 15.9 Å². The fourth-order valence-electron chi connectivity index (χ4n) is 4.99. The summed E-state index contributed by atoms with van der Waals surface area (Å²) < 4.78 is 2.04. The summed E-state index contributed by atoms with van der Waals surface area (Å²) in [6.07, 6.45) is 4.34. The number of hydrogen-bond donors (Lipinski definition) is 0. The molecule has 0 fully saturated rings. The van der Waals surface area contributed by atoms with Gasteiger partial charge in [0.05, 0.1) is 11.1 Å². The molecule has 0 N–H and O–H groups in total.